The lowest BCUT2D eigenvalue weighted by molar-refractivity contribution is -0.320. The second-order valence-corrected chi connectivity index (χ2v) is 3.97. The van der Waals surface area contributed by atoms with Gasteiger partial charge in [-0.15, -0.1) is 5.76 Å². The van der Waals surface area contributed by atoms with E-state index < -0.39 is 0 Å². The topological polar surface area (TPSA) is 23.1 Å². The Hall–Kier alpha value is -0.460. The lowest BCUT2D eigenvalue weighted by Gasteiger charge is -2.33. The van der Waals surface area contributed by atoms with Crippen molar-refractivity contribution < 1.29 is 5.11 Å². The Morgan fingerprint density at radius 2 is 2.09 bits per heavy atom. The highest BCUT2D eigenvalue weighted by Crippen LogP contribution is 2.30. The van der Waals surface area contributed by atoms with Crippen molar-refractivity contribution in [2.24, 2.45) is 17.8 Å². The van der Waals surface area contributed by atoms with Gasteiger partial charge in [-0.2, -0.15) is 0 Å². The van der Waals surface area contributed by atoms with E-state index in [4.69, 9.17) is 0 Å². The first-order chi connectivity index (χ1) is 5.11. The van der Waals surface area contributed by atoms with Crippen LogP contribution in [0.5, 0.6) is 0 Å². The molecular weight excluding hydrogens is 136 g/mol. The summed E-state index contributed by atoms with van der Waals surface area (Å²) in [5, 5.41) is 11.4. The van der Waals surface area contributed by atoms with Gasteiger partial charge in [0.05, 0.1) is 0 Å². The van der Waals surface area contributed by atoms with Gasteiger partial charge in [-0.1, -0.05) is 26.8 Å². The average molecular weight is 153 g/mol. The molecule has 1 heteroatoms. The minimum absolute atomic E-state index is 0.311. The summed E-state index contributed by atoms with van der Waals surface area (Å²) in [4.78, 5) is 0. The maximum atomic E-state index is 11.4. The van der Waals surface area contributed by atoms with E-state index in [2.05, 4.69) is 20.8 Å². The fourth-order valence-electron chi connectivity index (χ4n) is 1.73. The van der Waals surface area contributed by atoms with Crippen molar-refractivity contribution in [2.75, 3.05) is 0 Å². The van der Waals surface area contributed by atoms with E-state index in [0.29, 0.717) is 23.5 Å². The van der Waals surface area contributed by atoms with Crippen LogP contribution in [0.2, 0.25) is 0 Å². The van der Waals surface area contributed by atoms with E-state index in [0.717, 1.165) is 6.42 Å². The van der Waals surface area contributed by atoms with Crippen molar-refractivity contribution in [1.29, 1.82) is 0 Å². The second-order valence-electron chi connectivity index (χ2n) is 3.97. The van der Waals surface area contributed by atoms with Gasteiger partial charge in [-0.3, -0.25) is 0 Å². The maximum Gasteiger partial charge on any atom is -0.0268 e. The predicted octanol–water partition coefficient (Wildman–Crippen LogP) is 1.93. The zero-order chi connectivity index (χ0) is 8.43. The molecule has 0 heterocycles. The Morgan fingerprint density at radius 3 is 2.55 bits per heavy atom. The lowest BCUT2D eigenvalue weighted by Crippen LogP contribution is -2.25. The highest BCUT2D eigenvalue weighted by atomic mass is 16.3. The van der Waals surface area contributed by atoms with Crippen LogP contribution in [0.25, 0.3) is 0 Å². The number of hydrogen-bond donors (Lipinski definition) is 0. The number of rotatable bonds is 1. The van der Waals surface area contributed by atoms with Crippen molar-refractivity contribution in [2.45, 2.75) is 33.6 Å². The zero-order valence-corrected chi connectivity index (χ0v) is 7.63. The van der Waals surface area contributed by atoms with E-state index in [1.165, 1.54) is 6.42 Å². The fourth-order valence-corrected chi connectivity index (χ4v) is 1.73. The van der Waals surface area contributed by atoms with Gasteiger partial charge >= 0.3 is 0 Å². The Kier molecular flexibility index (Phi) is 2.58. The molecule has 1 rings (SSSR count). The predicted molar refractivity (Wildman–Crippen MR) is 44.8 cm³/mol. The molecule has 11 heavy (non-hydrogen) atoms. The molecule has 0 saturated heterocycles. The highest BCUT2D eigenvalue weighted by Gasteiger charge is 2.17. The van der Waals surface area contributed by atoms with Gasteiger partial charge in [0, 0.05) is 0 Å². The SMILES string of the molecule is CC(C)[C@H]1CC[C@@H](C)C=C1[O-]. The van der Waals surface area contributed by atoms with Crippen molar-refractivity contribution in [3.63, 3.8) is 0 Å². The van der Waals surface area contributed by atoms with E-state index in [-0.39, 0.29) is 0 Å². The Balaban J connectivity index is 2.64. The molecule has 0 spiro atoms. The molecule has 2 atom stereocenters. The highest BCUT2D eigenvalue weighted by molar-refractivity contribution is 5.03. The summed E-state index contributed by atoms with van der Waals surface area (Å²) in [6.45, 7) is 6.38. The summed E-state index contributed by atoms with van der Waals surface area (Å²) in [7, 11) is 0. The first kappa shape index (κ1) is 8.63. The van der Waals surface area contributed by atoms with Gasteiger partial charge in [-0.05, 0) is 30.6 Å². The summed E-state index contributed by atoms with van der Waals surface area (Å²) in [5.74, 6) is 1.72. The van der Waals surface area contributed by atoms with Gasteiger partial charge in [0.2, 0.25) is 0 Å². The van der Waals surface area contributed by atoms with E-state index >= 15 is 0 Å². The fraction of sp³-hybridized carbons (Fsp3) is 0.800. The van der Waals surface area contributed by atoms with Crippen LogP contribution in [-0.2, 0) is 0 Å². The van der Waals surface area contributed by atoms with Crippen LogP contribution in [0.1, 0.15) is 33.6 Å². The molecule has 0 amide bonds. The lowest BCUT2D eigenvalue weighted by atomic mass is 9.81. The summed E-state index contributed by atoms with van der Waals surface area (Å²) in [6.07, 6.45) is 4.18. The molecule has 0 bridgehead atoms. The van der Waals surface area contributed by atoms with Crippen molar-refractivity contribution in [3.05, 3.63) is 11.8 Å². The van der Waals surface area contributed by atoms with E-state index in [1.807, 2.05) is 6.08 Å². The van der Waals surface area contributed by atoms with E-state index in [1.54, 1.807) is 0 Å². The third-order valence-electron chi connectivity index (χ3n) is 2.55. The number of allylic oxidation sites excluding steroid dienone is 2. The van der Waals surface area contributed by atoms with Crippen LogP contribution in [0.15, 0.2) is 11.8 Å². The average Bonchev–Trinajstić information content (AvgIpc) is 1.85. The van der Waals surface area contributed by atoms with E-state index in [9.17, 15) is 5.11 Å². The normalized spacial score (nSPS) is 32.2. The minimum Gasteiger partial charge on any atom is -0.875 e. The molecule has 1 aliphatic carbocycles. The third-order valence-corrected chi connectivity index (χ3v) is 2.55. The summed E-state index contributed by atoms with van der Waals surface area (Å²) in [5.41, 5.74) is 0. The van der Waals surface area contributed by atoms with Crippen molar-refractivity contribution >= 4 is 0 Å². The van der Waals surface area contributed by atoms with Gasteiger partial charge < -0.3 is 5.11 Å². The molecule has 0 radical (unpaired) electrons. The zero-order valence-electron chi connectivity index (χ0n) is 7.63. The maximum absolute atomic E-state index is 11.4. The summed E-state index contributed by atoms with van der Waals surface area (Å²) < 4.78 is 0. The van der Waals surface area contributed by atoms with Gasteiger partial charge in [-0.25, -0.2) is 0 Å². The second kappa shape index (κ2) is 3.29. The molecule has 0 aromatic heterocycles. The third kappa shape index (κ3) is 1.98. The number of hydrogen-bond acceptors (Lipinski definition) is 1. The van der Waals surface area contributed by atoms with Gasteiger partial charge in [0.1, 0.15) is 0 Å². The van der Waals surface area contributed by atoms with Crippen LogP contribution < -0.4 is 5.11 Å². The molecular formula is C10H17O-. The van der Waals surface area contributed by atoms with Crippen molar-refractivity contribution in [1.82, 2.24) is 0 Å². The quantitative estimate of drug-likeness (QED) is 0.564. The summed E-state index contributed by atoms with van der Waals surface area (Å²) in [6, 6.07) is 0. The van der Waals surface area contributed by atoms with Crippen LogP contribution in [0.3, 0.4) is 0 Å². The molecule has 0 N–H and O–H groups in total. The molecule has 0 aliphatic heterocycles. The first-order valence-corrected chi connectivity index (χ1v) is 4.50. The van der Waals surface area contributed by atoms with Crippen LogP contribution in [0, 0.1) is 17.8 Å². The minimum atomic E-state index is 0.311. The standard InChI is InChI=1S/C10H18O/c1-7(2)9-5-4-8(3)6-10(9)11/h6-9,11H,4-5H2,1-3H3/p-1/t8-,9-/m1/s1. The Bertz CT molecular complexity index is 158. The molecule has 0 fully saturated rings. The van der Waals surface area contributed by atoms with Crippen LogP contribution in [-0.4, -0.2) is 0 Å². The molecule has 0 aromatic carbocycles. The molecule has 0 aromatic rings. The molecule has 1 nitrogen and oxygen atoms in total. The Morgan fingerprint density at radius 1 is 1.45 bits per heavy atom. The summed E-state index contributed by atoms with van der Waals surface area (Å²) >= 11 is 0. The van der Waals surface area contributed by atoms with Gasteiger partial charge in [0.25, 0.3) is 0 Å². The molecule has 0 saturated carbocycles. The molecule has 0 unspecified atom stereocenters. The molecule has 1 aliphatic rings. The largest absolute Gasteiger partial charge is 0.875 e. The van der Waals surface area contributed by atoms with Gasteiger partial charge in [0.15, 0.2) is 0 Å². The van der Waals surface area contributed by atoms with Crippen molar-refractivity contribution in [3.8, 4) is 0 Å². The monoisotopic (exact) mass is 153 g/mol. The molecule has 64 valence electrons. The smallest absolute Gasteiger partial charge is 0.0268 e. The Labute approximate surface area is 69.1 Å². The van der Waals surface area contributed by atoms with Crippen LogP contribution in [0.4, 0.5) is 0 Å². The van der Waals surface area contributed by atoms with Crippen LogP contribution >= 0.6 is 0 Å². The first-order valence-electron chi connectivity index (χ1n) is 4.50.